The Kier molecular flexibility index (Phi) is 4.16. The summed E-state index contributed by atoms with van der Waals surface area (Å²) in [7, 11) is 0. The lowest BCUT2D eigenvalue weighted by molar-refractivity contribution is -0.189. The summed E-state index contributed by atoms with van der Waals surface area (Å²) in [6, 6.07) is 5.29. The first kappa shape index (κ1) is 16.3. The standard InChI is InChI=1S/C15H15F3N4O2/c16-15(17,18)10-4-5-14(24)21(8-10)9-13(23)20-11-7-19-22-6-2-1-3-12(11)22/h1-3,6-7,10H,4-5,8-9H2,(H,20,23). The molecule has 2 amide bonds. The number of anilines is 1. The highest BCUT2D eigenvalue weighted by Crippen LogP contribution is 2.33. The lowest BCUT2D eigenvalue weighted by Gasteiger charge is -2.33. The van der Waals surface area contributed by atoms with Crippen LogP contribution in [0, 0.1) is 5.92 Å². The maximum Gasteiger partial charge on any atom is 0.393 e. The van der Waals surface area contributed by atoms with E-state index in [-0.39, 0.29) is 12.8 Å². The molecule has 0 radical (unpaired) electrons. The molecule has 0 bridgehead atoms. The van der Waals surface area contributed by atoms with Crippen molar-refractivity contribution in [3.05, 3.63) is 30.6 Å². The smallest absolute Gasteiger partial charge is 0.333 e. The first-order chi connectivity index (χ1) is 11.3. The van der Waals surface area contributed by atoms with Crippen LogP contribution in [0.3, 0.4) is 0 Å². The molecule has 2 aromatic rings. The molecule has 3 rings (SSSR count). The third kappa shape index (κ3) is 3.34. The summed E-state index contributed by atoms with van der Waals surface area (Å²) in [6.45, 7) is -0.889. The first-order valence-electron chi connectivity index (χ1n) is 7.41. The molecule has 24 heavy (non-hydrogen) atoms. The van der Waals surface area contributed by atoms with Crippen LogP contribution in [0.2, 0.25) is 0 Å². The van der Waals surface area contributed by atoms with Gasteiger partial charge in [-0.15, -0.1) is 0 Å². The third-order valence-electron chi connectivity index (χ3n) is 4.00. The minimum atomic E-state index is -4.36. The van der Waals surface area contributed by atoms with Crippen LogP contribution in [-0.4, -0.2) is 45.6 Å². The summed E-state index contributed by atoms with van der Waals surface area (Å²) in [5.41, 5.74) is 1.10. The number of hydrogen-bond acceptors (Lipinski definition) is 3. The zero-order valence-electron chi connectivity index (χ0n) is 12.6. The van der Waals surface area contributed by atoms with Gasteiger partial charge in [0.1, 0.15) is 0 Å². The number of hydrogen-bond donors (Lipinski definition) is 1. The minimum absolute atomic E-state index is 0.200. The lowest BCUT2D eigenvalue weighted by atomic mass is 9.97. The van der Waals surface area contributed by atoms with E-state index in [1.165, 1.54) is 6.20 Å². The van der Waals surface area contributed by atoms with E-state index in [1.54, 1.807) is 28.9 Å². The number of pyridine rings is 1. The van der Waals surface area contributed by atoms with Crippen LogP contribution in [0.15, 0.2) is 30.6 Å². The Bertz CT molecular complexity index is 771. The Morgan fingerprint density at radius 2 is 2.17 bits per heavy atom. The number of nitrogens with zero attached hydrogens (tertiary/aromatic N) is 3. The molecular formula is C15H15F3N4O2. The van der Waals surface area contributed by atoms with Gasteiger partial charge in [-0.05, 0) is 18.6 Å². The second kappa shape index (κ2) is 6.14. The molecule has 9 heteroatoms. The topological polar surface area (TPSA) is 66.7 Å². The lowest BCUT2D eigenvalue weighted by Crippen LogP contribution is -2.47. The number of carbonyl (C=O) groups excluding carboxylic acids is 2. The molecule has 1 aliphatic rings. The Morgan fingerprint density at radius 3 is 2.92 bits per heavy atom. The van der Waals surface area contributed by atoms with Crippen molar-refractivity contribution in [1.29, 1.82) is 0 Å². The maximum atomic E-state index is 12.8. The highest BCUT2D eigenvalue weighted by Gasteiger charge is 2.43. The largest absolute Gasteiger partial charge is 0.393 e. The SMILES string of the molecule is O=C(CN1CC(C(F)(F)F)CCC1=O)Nc1cnn2ccccc12. The number of piperidine rings is 1. The van der Waals surface area contributed by atoms with E-state index in [2.05, 4.69) is 10.4 Å². The number of fused-ring (bicyclic) bond motifs is 1. The van der Waals surface area contributed by atoms with Crippen LogP contribution >= 0.6 is 0 Å². The zero-order chi connectivity index (χ0) is 17.3. The van der Waals surface area contributed by atoms with Gasteiger partial charge in [0.2, 0.25) is 11.8 Å². The molecule has 128 valence electrons. The van der Waals surface area contributed by atoms with Gasteiger partial charge < -0.3 is 10.2 Å². The van der Waals surface area contributed by atoms with Crippen molar-refractivity contribution in [2.45, 2.75) is 19.0 Å². The Hall–Kier alpha value is -2.58. The molecule has 0 spiro atoms. The number of halogens is 3. The van der Waals surface area contributed by atoms with E-state index in [4.69, 9.17) is 0 Å². The van der Waals surface area contributed by atoms with Crippen LogP contribution < -0.4 is 5.32 Å². The van der Waals surface area contributed by atoms with Gasteiger partial charge in [0.05, 0.1) is 29.9 Å². The molecule has 1 unspecified atom stereocenters. The van der Waals surface area contributed by atoms with Crippen LogP contribution in [0.5, 0.6) is 0 Å². The Labute approximate surface area is 135 Å². The van der Waals surface area contributed by atoms with Crippen molar-refractivity contribution in [3.8, 4) is 0 Å². The van der Waals surface area contributed by atoms with Gasteiger partial charge in [0.25, 0.3) is 0 Å². The number of nitrogens with one attached hydrogen (secondary N) is 1. The first-order valence-corrected chi connectivity index (χ1v) is 7.41. The van der Waals surface area contributed by atoms with Crippen LogP contribution in [0.25, 0.3) is 5.52 Å². The van der Waals surface area contributed by atoms with Crippen molar-refractivity contribution < 1.29 is 22.8 Å². The van der Waals surface area contributed by atoms with Gasteiger partial charge in [0.15, 0.2) is 0 Å². The summed E-state index contributed by atoms with van der Waals surface area (Å²) >= 11 is 0. The van der Waals surface area contributed by atoms with Crippen LogP contribution in [-0.2, 0) is 9.59 Å². The molecular weight excluding hydrogens is 325 g/mol. The van der Waals surface area contributed by atoms with Gasteiger partial charge in [-0.2, -0.15) is 18.3 Å². The Balaban J connectivity index is 1.66. The summed E-state index contributed by atoms with van der Waals surface area (Å²) in [5.74, 6) is -2.57. The fourth-order valence-corrected chi connectivity index (χ4v) is 2.73. The number of likely N-dealkylation sites (tertiary alicyclic amines) is 1. The van der Waals surface area contributed by atoms with Crippen LogP contribution in [0.4, 0.5) is 18.9 Å². The molecule has 0 aliphatic carbocycles. The highest BCUT2D eigenvalue weighted by molar-refractivity contribution is 5.97. The summed E-state index contributed by atoms with van der Waals surface area (Å²) in [4.78, 5) is 24.8. The maximum absolute atomic E-state index is 12.8. The van der Waals surface area contributed by atoms with Crippen molar-refractivity contribution in [2.24, 2.45) is 5.92 Å². The van der Waals surface area contributed by atoms with E-state index < -0.39 is 37.0 Å². The number of aromatic nitrogens is 2. The number of rotatable bonds is 3. The average molecular weight is 340 g/mol. The predicted octanol–water partition coefficient (Wildman–Crippen LogP) is 2.07. The molecule has 1 atom stereocenters. The fraction of sp³-hybridized carbons (Fsp3) is 0.400. The quantitative estimate of drug-likeness (QED) is 0.930. The van der Waals surface area contributed by atoms with Gasteiger partial charge in [-0.25, -0.2) is 4.52 Å². The van der Waals surface area contributed by atoms with E-state index in [9.17, 15) is 22.8 Å². The van der Waals surface area contributed by atoms with E-state index in [0.717, 1.165) is 4.90 Å². The predicted molar refractivity (Wildman–Crippen MR) is 79.2 cm³/mol. The van der Waals surface area contributed by atoms with Crippen molar-refractivity contribution in [2.75, 3.05) is 18.4 Å². The highest BCUT2D eigenvalue weighted by atomic mass is 19.4. The summed E-state index contributed by atoms with van der Waals surface area (Å²) < 4.78 is 40.0. The average Bonchev–Trinajstić information content (AvgIpc) is 2.91. The summed E-state index contributed by atoms with van der Waals surface area (Å²) in [5, 5.41) is 6.64. The minimum Gasteiger partial charge on any atom is -0.333 e. The van der Waals surface area contributed by atoms with E-state index >= 15 is 0 Å². The van der Waals surface area contributed by atoms with Crippen molar-refractivity contribution >= 4 is 23.0 Å². The molecule has 1 saturated heterocycles. The summed E-state index contributed by atoms with van der Waals surface area (Å²) in [6.07, 6.45) is -1.64. The monoisotopic (exact) mass is 340 g/mol. The van der Waals surface area contributed by atoms with Gasteiger partial charge >= 0.3 is 6.18 Å². The zero-order valence-corrected chi connectivity index (χ0v) is 12.6. The number of carbonyl (C=O) groups is 2. The molecule has 0 aromatic carbocycles. The normalized spacial score (nSPS) is 18.9. The molecule has 0 saturated carbocycles. The van der Waals surface area contributed by atoms with Gasteiger partial charge in [-0.3, -0.25) is 9.59 Å². The van der Waals surface area contributed by atoms with E-state index in [1.807, 2.05) is 0 Å². The second-order valence-electron chi connectivity index (χ2n) is 5.69. The molecule has 3 heterocycles. The molecule has 1 aliphatic heterocycles. The second-order valence-corrected chi connectivity index (χ2v) is 5.69. The Morgan fingerprint density at radius 1 is 1.38 bits per heavy atom. The molecule has 6 nitrogen and oxygen atoms in total. The number of alkyl halides is 3. The number of amides is 2. The van der Waals surface area contributed by atoms with Crippen molar-refractivity contribution in [1.82, 2.24) is 14.5 Å². The van der Waals surface area contributed by atoms with Crippen molar-refractivity contribution in [3.63, 3.8) is 0 Å². The fourth-order valence-electron chi connectivity index (χ4n) is 2.73. The molecule has 1 N–H and O–H groups in total. The third-order valence-corrected chi connectivity index (χ3v) is 4.00. The van der Waals surface area contributed by atoms with E-state index in [0.29, 0.717) is 11.2 Å². The van der Waals surface area contributed by atoms with Gasteiger partial charge in [-0.1, -0.05) is 6.07 Å². The van der Waals surface area contributed by atoms with Gasteiger partial charge in [0, 0.05) is 19.2 Å². The molecule has 1 fully saturated rings. The van der Waals surface area contributed by atoms with Crippen LogP contribution in [0.1, 0.15) is 12.8 Å². The molecule has 2 aromatic heterocycles.